The van der Waals surface area contributed by atoms with Gasteiger partial charge in [-0.05, 0) is 70.0 Å². The Balaban J connectivity index is 1.94. The number of H-pyrrole nitrogens is 1. The van der Waals surface area contributed by atoms with Crippen LogP contribution in [0.15, 0.2) is 30.3 Å². The van der Waals surface area contributed by atoms with Crippen LogP contribution in [-0.2, 0) is 18.4 Å². The Kier molecular flexibility index (Phi) is 8.74. The summed E-state index contributed by atoms with van der Waals surface area (Å²) in [5, 5.41) is 11.4. The van der Waals surface area contributed by atoms with Gasteiger partial charge in [0.05, 0.1) is 11.4 Å². The Hall–Kier alpha value is -1.76. The smallest absolute Gasteiger partial charge is 0.0856 e. The second-order valence-corrected chi connectivity index (χ2v) is 7.08. The summed E-state index contributed by atoms with van der Waals surface area (Å²) in [5.41, 5.74) is 21.1. The molecule has 1 atom stereocenters. The van der Waals surface area contributed by atoms with Crippen LogP contribution in [0, 0.1) is 0 Å². The molecule has 0 saturated carbocycles. The van der Waals surface area contributed by atoms with Crippen LogP contribution in [0.5, 0.6) is 0 Å². The van der Waals surface area contributed by atoms with Gasteiger partial charge >= 0.3 is 0 Å². The normalized spacial score (nSPS) is 13.7. The maximum Gasteiger partial charge on any atom is 0.0856 e. The summed E-state index contributed by atoms with van der Waals surface area (Å²) in [7, 11) is 0. The van der Waals surface area contributed by atoms with E-state index in [2.05, 4.69) is 39.7 Å². The van der Waals surface area contributed by atoms with E-state index in [-0.39, 0.29) is 5.54 Å². The van der Waals surface area contributed by atoms with Gasteiger partial charge in [0, 0.05) is 5.54 Å². The Bertz CT molecular complexity index is 612. The summed E-state index contributed by atoms with van der Waals surface area (Å²) >= 11 is 0. The average molecular weight is 359 g/mol. The molecule has 1 heterocycles. The van der Waals surface area contributed by atoms with Crippen LogP contribution in [0.2, 0.25) is 0 Å². The van der Waals surface area contributed by atoms with Crippen LogP contribution in [0.1, 0.15) is 61.9 Å². The fraction of sp³-hybridized carbons (Fsp3) is 0.600. The van der Waals surface area contributed by atoms with Gasteiger partial charge in [-0.2, -0.15) is 15.4 Å². The molecule has 7 N–H and O–H groups in total. The van der Waals surface area contributed by atoms with Crippen molar-refractivity contribution in [2.75, 3.05) is 13.1 Å². The van der Waals surface area contributed by atoms with Crippen molar-refractivity contribution in [2.24, 2.45) is 17.2 Å². The number of benzene rings is 1. The highest BCUT2D eigenvalue weighted by Crippen LogP contribution is 2.30. The van der Waals surface area contributed by atoms with Crippen molar-refractivity contribution in [2.45, 2.75) is 63.3 Å². The Labute approximate surface area is 156 Å². The molecule has 6 nitrogen and oxygen atoms in total. The predicted molar refractivity (Wildman–Crippen MR) is 107 cm³/mol. The predicted octanol–water partition coefficient (Wildman–Crippen LogP) is 2.39. The van der Waals surface area contributed by atoms with Gasteiger partial charge in [-0.25, -0.2) is 0 Å². The maximum atomic E-state index is 6.84. The highest BCUT2D eigenvalue weighted by Gasteiger charge is 2.26. The first-order valence-electron chi connectivity index (χ1n) is 9.82. The van der Waals surface area contributed by atoms with E-state index in [0.29, 0.717) is 0 Å². The molecule has 0 radical (unpaired) electrons. The van der Waals surface area contributed by atoms with Gasteiger partial charge in [0.1, 0.15) is 0 Å². The summed E-state index contributed by atoms with van der Waals surface area (Å²) < 4.78 is 0. The van der Waals surface area contributed by atoms with E-state index in [4.69, 9.17) is 17.2 Å². The standard InChI is InChI=1S/C20H34N6/c21-15-6-4-11-18-19(25-26-24-18)12-8-14-20(23,13-5-7-16-22)17-9-2-1-3-10-17/h1-3,9-10H,4-8,11-16,21-23H2,(H,24,25,26). The van der Waals surface area contributed by atoms with Crippen molar-refractivity contribution in [3.63, 3.8) is 0 Å². The molecule has 2 rings (SSSR count). The molecular formula is C20H34N6. The van der Waals surface area contributed by atoms with Gasteiger partial charge in [-0.3, -0.25) is 0 Å². The molecule has 1 aromatic heterocycles. The Morgan fingerprint density at radius 3 is 2.00 bits per heavy atom. The second-order valence-electron chi connectivity index (χ2n) is 7.08. The molecule has 1 unspecified atom stereocenters. The molecule has 0 saturated heterocycles. The van der Waals surface area contributed by atoms with E-state index in [0.717, 1.165) is 82.3 Å². The summed E-state index contributed by atoms with van der Waals surface area (Å²) in [6.45, 7) is 1.44. The summed E-state index contributed by atoms with van der Waals surface area (Å²) in [4.78, 5) is 0. The van der Waals surface area contributed by atoms with Crippen molar-refractivity contribution in [3.05, 3.63) is 47.3 Å². The monoisotopic (exact) mass is 358 g/mol. The summed E-state index contributed by atoms with van der Waals surface area (Å²) in [5.74, 6) is 0. The topological polar surface area (TPSA) is 120 Å². The zero-order valence-corrected chi connectivity index (χ0v) is 15.8. The summed E-state index contributed by atoms with van der Waals surface area (Å²) in [6, 6.07) is 10.4. The van der Waals surface area contributed by atoms with Gasteiger partial charge < -0.3 is 17.2 Å². The molecule has 144 valence electrons. The van der Waals surface area contributed by atoms with Crippen molar-refractivity contribution in [1.82, 2.24) is 15.4 Å². The first kappa shape index (κ1) is 20.6. The van der Waals surface area contributed by atoms with Gasteiger partial charge in [0.2, 0.25) is 0 Å². The summed E-state index contributed by atoms with van der Waals surface area (Å²) in [6.07, 6.45) is 8.85. The molecule has 1 aromatic carbocycles. The number of aryl methyl sites for hydroxylation is 2. The van der Waals surface area contributed by atoms with Crippen LogP contribution < -0.4 is 17.2 Å². The van der Waals surface area contributed by atoms with E-state index >= 15 is 0 Å². The third-order valence-corrected chi connectivity index (χ3v) is 5.03. The highest BCUT2D eigenvalue weighted by atomic mass is 15.3. The van der Waals surface area contributed by atoms with Gasteiger partial charge in [-0.1, -0.05) is 36.8 Å². The zero-order valence-electron chi connectivity index (χ0n) is 15.8. The number of rotatable bonds is 13. The van der Waals surface area contributed by atoms with Crippen molar-refractivity contribution >= 4 is 0 Å². The number of nitrogens with two attached hydrogens (primary N) is 3. The number of hydrogen-bond donors (Lipinski definition) is 4. The molecule has 0 aliphatic carbocycles. The third kappa shape index (κ3) is 6.20. The molecule has 0 amide bonds. The lowest BCUT2D eigenvalue weighted by Gasteiger charge is -2.30. The molecule has 2 aromatic rings. The molecule has 0 fully saturated rings. The minimum atomic E-state index is -0.306. The third-order valence-electron chi connectivity index (χ3n) is 5.03. The minimum Gasteiger partial charge on any atom is -0.330 e. The van der Waals surface area contributed by atoms with E-state index < -0.39 is 0 Å². The Morgan fingerprint density at radius 2 is 1.35 bits per heavy atom. The number of nitrogens with zero attached hydrogens (tertiary/aromatic N) is 2. The molecule has 0 spiro atoms. The van der Waals surface area contributed by atoms with Crippen molar-refractivity contribution in [1.29, 1.82) is 0 Å². The molecule has 0 bridgehead atoms. The maximum absolute atomic E-state index is 6.84. The van der Waals surface area contributed by atoms with Crippen molar-refractivity contribution < 1.29 is 0 Å². The minimum absolute atomic E-state index is 0.306. The number of hydrogen-bond acceptors (Lipinski definition) is 5. The molecular weight excluding hydrogens is 324 g/mol. The fourth-order valence-electron chi connectivity index (χ4n) is 3.45. The average Bonchev–Trinajstić information content (AvgIpc) is 3.10. The first-order valence-corrected chi connectivity index (χ1v) is 9.82. The zero-order chi connectivity index (χ0) is 18.7. The van der Waals surface area contributed by atoms with Crippen LogP contribution in [-0.4, -0.2) is 28.5 Å². The lowest BCUT2D eigenvalue weighted by atomic mass is 9.81. The van der Waals surface area contributed by atoms with Crippen molar-refractivity contribution in [3.8, 4) is 0 Å². The van der Waals surface area contributed by atoms with Crippen LogP contribution in [0.25, 0.3) is 0 Å². The number of nitrogens with one attached hydrogen (secondary N) is 1. The van der Waals surface area contributed by atoms with Gasteiger partial charge in [0.15, 0.2) is 0 Å². The lowest BCUT2D eigenvalue weighted by Crippen LogP contribution is -2.37. The van der Waals surface area contributed by atoms with Crippen LogP contribution in [0.4, 0.5) is 0 Å². The Morgan fingerprint density at radius 1 is 0.769 bits per heavy atom. The quantitative estimate of drug-likeness (QED) is 0.410. The van der Waals surface area contributed by atoms with Crippen LogP contribution in [0.3, 0.4) is 0 Å². The number of aromatic amines is 1. The largest absolute Gasteiger partial charge is 0.330 e. The van der Waals surface area contributed by atoms with E-state index in [9.17, 15) is 0 Å². The van der Waals surface area contributed by atoms with E-state index in [1.165, 1.54) is 5.56 Å². The van der Waals surface area contributed by atoms with Crippen LogP contribution >= 0.6 is 0 Å². The fourth-order valence-corrected chi connectivity index (χ4v) is 3.45. The molecule has 0 aliphatic rings. The van der Waals surface area contributed by atoms with Gasteiger partial charge in [-0.15, -0.1) is 0 Å². The lowest BCUT2D eigenvalue weighted by molar-refractivity contribution is 0.353. The molecule has 6 heteroatoms. The highest BCUT2D eigenvalue weighted by molar-refractivity contribution is 5.24. The number of unbranched alkanes of at least 4 members (excludes halogenated alkanes) is 2. The van der Waals surface area contributed by atoms with E-state index in [1.807, 2.05) is 6.07 Å². The van der Waals surface area contributed by atoms with E-state index in [1.54, 1.807) is 0 Å². The number of aromatic nitrogens is 3. The SMILES string of the molecule is NCCCCc1n[nH]nc1CCCC(N)(CCCCN)c1ccccc1. The first-order chi connectivity index (χ1) is 12.7. The second kappa shape index (κ2) is 11.1. The molecule has 0 aliphatic heterocycles. The molecule has 26 heavy (non-hydrogen) atoms. The van der Waals surface area contributed by atoms with Gasteiger partial charge in [0.25, 0.3) is 0 Å².